The highest BCUT2D eigenvalue weighted by Crippen LogP contribution is 2.28. The van der Waals surface area contributed by atoms with Gasteiger partial charge < -0.3 is 9.64 Å². The number of hydrogen-bond donors (Lipinski definition) is 0. The van der Waals surface area contributed by atoms with Crippen LogP contribution in [0.2, 0.25) is 0 Å². The van der Waals surface area contributed by atoms with Gasteiger partial charge in [0.2, 0.25) is 15.7 Å². The van der Waals surface area contributed by atoms with Gasteiger partial charge in [-0.05, 0) is 25.0 Å². The normalized spacial score (nSPS) is 25.0. The first-order chi connectivity index (χ1) is 11.0. The molecule has 1 saturated heterocycles. The van der Waals surface area contributed by atoms with E-state index >= 15 is 0 Å². The monoisotopic (exact) mass is 342 g/mol. The van der Waals surface area contributed by atoms with E-state index in [-0.39, 0.29) is 12.1 Å². The third kappa shape index (κ3) is 3.37. The molecule has 2 fully saturated rings. The summed E-state index contributed by atoms with van der Waals surface area (Å²) in [5.41, 5.74) is 0. The molecule has 1 aromatic heterocycles. The van der Waals surface area contributed by atoms with Crippen LogP contribution in [0.3, 0.4) is 0 Å². The Kier molecular flexibility index (Phi) is 4.63. The number of nitrogens with zero attached hydrogens (tertiary/aromatic N) is 2. The zero-order valence-electron chi connectivity index (χ0n) is 12.7. The molecular formula is C15H19FN2O4S. The Bertz CT molecular complexity index is 692. The molecule has 3 rings (SSSR count). The van der Waals surface area contributed by atoms with Gasteiger partial charge in [0.25, 0.3) is 0 Å². The van der Waals surface area contributed by atoms with Gasteiger partial charge in [0.15, 0.2) is 10.8 Å². The Morgan fingerprint density at radius 2 is 2.17 bits per heavy atom. The van der Waals surface area contributed by atoms with E-state index in [1.165, 1.54) is 12.3 Å². The summed E-state index contributed by atoms with van der Waals surface area (Å²) in [6.45, 7) is 0.783. The molecule has 0 bridgehead atoms. The van der Waals surface area contributed by atoms with Gasteiger partial charge in [0.05, 0.1) is 18.8 Å². The lowest BCUT2D eigenvalue weighted by molar-refractivity contribution is -0.146. The molecule has 0 spiro atoms. The molecule has 1 aliphatic heterocycles. The number of amides is 1. The van der Waals surface area contributed by atoms with E-state index in [2.05, 4.69) is 4.98 Å². The van der Waals surface area contributed by atoms with Gasteiger partial charge >= 0.3 is 0 Å². The van der Waals surface area contributed by atoms with E-state index in [9.17, 15) is 17.6 Å². The van der Waals surface area contributed by atoms with Crippen molar-refractivity contribution in [3.63, 3.8) is 0 Å². The average Bonchev–Trinajstić information content (AvgIpc) is 2.54. The molecule has 2 heterocycles. The zero-order valence-corrected chi connectivity index (χ0v) is 13.5. The first kappa shape index (κ1) is 16.3. The fourth-order valence-corrected chi connectivity index (χ4v) is 4.53. The molecule has 2 aliphatic rings. The molecule has 8 heteroatoms. The largest absolute Gasteiger partial charge is 0.374 e. The van der Waals surface area contributed by atoms with Crippen LogP contribution >= 0.6 is 0 Å². The molecule has 0 N–H and O–H groups in total. The second kappa shape index (κ2) is 6.52. The van der Waals surface area contributed by atoms with E-state index in [0.717, 1.165) is 31.7 Å². The van der Waals surface area contributed by atoms with Crippen molar-refractivity contribution in [2.24, 2.45) is 0 Å². The Morgan fingerprint density at radius 3 is 2.96 bits per heavy atom. The average molecular weight is 342 g/mol. The second-order valence-corrected chi connectivity index (χ2v) is 7.80. The molecule has 0 radical (unpaired) electrons. The van der Waals surface area contributed by atoms with E-state index in [1.54, 1.807) is 4.90 Å². The minimum atomic E-state index is -4.10. The van der Waals surface area contributed by atoms with Crippen LogP contribution in [-0.2, 0) is 19.4 Å². The minimum absolute atomic E-state index is 0.0178. The van der Waals surface area contributed by atoms with Crippen molar-refractivity contribution >= 4 is 15.7 Å². The van der Waals surface area contributed by atoms with Crippen molar-refractivity contribution in [1.82, 2.24) is 9.88 Å². The van der Waals surface area contributed by atoms with Gasteiger partial charge in [0.1, 0.15) is 5.75 Å². The maximum atomic E-state index is 13.7. The number of pyridine rings is 1. The number of carbonyl (C=O) groups is 1. The van der Waals surface area contributed by atoms with Crippen LogP contribution in [0.1, 0.15) is 25.7 Å². The molecule has 6 nitrogen and oxygen atoms in total. The number of hydrogen-bond acceptors (Lipinski definition) is 5. The number of fused-ring (bicyclic) bond motifs is 1. The zero-order chi connectivity index (χ0) is 16.4. The molecule has 0 aromatic carbocycles. The smallest absolute Gasteiger partial charge is 0.238 e. The number of carbonyl (C=O) groups excluding carboxylic acids is 1. The van der Waals surface area contributed by atoms with Crippen molar-refractivity contribution < 1.29 is 22.3 Å². The summed E-state index contributed by atoms with van der Waals surface area (Å²) >= 11 is 0. The van der Waals surface area contributed by atoms with E-state index in [4.69, 9.17) is 4.74 Å². The molecule has 2 unspecified atom stereocenters. The number of morpholine rings is 1. The SMILES string of the molecule is O=C(CS(=O)(=O)c1ncccc1F)N1CCOC2CCCCC21. The summed E-state index contributed by atoms with van der Waals surface area (Å²) in [7, 11) is -4.10. The van der Waals surface area contributed by atoms with Crippen molar-refractivity contribution in [2.45, 2.75) is 42.9 Å². The standard InChI is InChI=1S/C15H19FN2O4S/c16-11-4-3-7-17-15(11)23(20,21)10-14(19)18-8-9-22-13-6-2-1-5-12(13)18/h3-4,7,12-13H,1-2,5-6,8-10H2. The quantitative estimate of drug-likeness (QED) is 0.824. The summed E-state index contributed by atoms with van der Waals surface area (Å²) in [4.78, 5) is 17.7. The maximum absolute atomic E-state index is 13.7. The highest BCUT2D eigenvalue weighted by Gasteiger charge is 2.38. The Hall–Kier alpha value is -1.54. The predicted octanol–water partition coefficient (Wildman–Crippen LogP) is 1.16. The summed E-state index contributed by atoms with van der Waals surface area (Å²) in [5.74, 6) is -2.20. The number of halogens is 1. The van der Waals surface area contributed by atoms with Crippen LogP contribution in [0.25, 0.3) is 0 Å². The summed E-state index contributed by atoms with van der Waals surface area (Å²) in [6, 6.07) is 2.26. The molecule has 1 aliphatic carbocycles. The van der Waals surface area contributed by atoms with Crippen LogP contribution < -0.4 is 0 Å². The summed E-state index contributed by atoms with van der Waals surface area (Å²) in [5, 5.41) is -0.665. The lowest BCUT2D eigenvalue weighted by Crippen LogP contribution is -2.56. The Morgan fingerprint density at radius 1 is 1.39 bits per heavy atom. The van der Waals surface area contributed by atoms with Gasteiger partial charge in [-0.1, -0.05) is 12.8 Å². The topological polar surface area (TPSA) is 76.6 Å². The first-order valence-corrected chi connectivity index (χ1v) is 9.38. The molecular weight excluding hydrogens is 323 g/mol. The lowest BCUT2D eigenvalue weighted by Gasteiger charge is -2.43. The number of aromatic nitrogens is 1. The van der Waals surface area contributed by atoms with Crippen molar-refractivity contribution in [1.29, 1.82) is 0 Å². The highest BCUT2D eigenvalue weighted by atomic mass is 32.2. The molecule has 2 atom stereocenters. The number of ether oxygens (including phenoxy) is 1. The van der Waals surface area contributed by atoms with Gasteiger partial charge in [-0.3, -0.25) is 4.79 Å². The van der Waals surface area contributed by atoms with E-state index < -0.39 is 32.3 Å². The van der Waals surface area contributed by atoms with E-state index in [0.29, 0.717) is 13.2 Å². The van der Waals surface area contributed by atoms with Gasteiger partial charge in [-0.15, -0.1) is 0 Å². The highest BCUT2D eigenvalue weighted by molar-refractivity contribution is 7.92. The van der Waals surface area contributed by atoms with Crippen molar-refractivity contribution in [2.75, 3.05) is 18.9 Å². The van der Waals surface area contributed by atoms with Gasteiger partial charge in [-0.2, -0.15) is 0 Å². The van der Waals surface area contributed by atoms with Crippen LogP contribution in [0.15, 0.2) is 23.4 Å². The first-order valence-electron chi connectivity index (χ1n) is 7.73. The third-order valence-electron chi connectivity index (χ3n) is 4.39. The Labute approximate surface area is 134 Å². The fourth-order valence-electron chi connectivity index (χ4n) is 3.32. The van der Waals surface area contributed by atoms with Crippen LogP contribution in [0, 0.1) is 5.82 Å². The fraction of sp³-hybridized carbons (Fsp3) is 0.600. The number of rotatable bonds is 3. The molecule has 126 valence electrons. The van der Waals surface area contributed by atoms with E-state index in [1.807, 2.05) is 0 Å². The van der Waals surface area contributed by atoms with Gasteiger partial charge in [0, 0.05) is 12.7 Å². The van der Waals surface area contributed by atoms with Crippen LogP contribution in [0.4, 0.5) is 4.39 Å². The Balaban J connectivity index is 1.77. The minimum Gasteiger partial charge on any atom is -0.374 e. The predicted molar refractivity (Wildman–Crippen MR) is 80.0 cm³/mol. The molecule has 1 saturated carbocycles. The second-order valence-electron chi connectivity index (χ2n) is 5.90. The lowest BCUT2D eigenvalue weighted by atomic mass is 9.90. The summed E-state index contributed by atoms with van der Waals surface area (Å²) < 4.78 is 43.9. The van der Waals surface area contributed by atoms with Crippen LogP contribution in [-0.4, -0.2) is 55.3 Å². The third-order valence-corrected chi connectivity index (χ3v) is 5.90. The summed E-state index contributed by atoms with van der Waals surface area (Å²) in [6.07, 6.45) is 4.93. The molecule has 1 amide bonds. The van der Waals surface area contributed by atoms with Gasteiger partial charge in [-0.25, -0.2) is 17.8 Å². The molecule has 1 aromatic rings. The van der Waals surface area contributed by atoms with Crippen molar-refractivity contribution in [3.8, 4) is 0 Å². The molecule has 23 heavy (non-hydrogen) atoms. The maximum Gasteiger partial charge on any atom is 0.238 e. The van der Waals surface area contributed by atoms with Crippen molar-refractivity contribution in [3.05, 3.63) is 24.1 Å². The number of sulfone groups is 1. The van der Waals surface area contributed by atoms with Crippen LogP contribution in [0.5, 0.6) is 0 Å².